The van der Waals surface area contributed by atoms with Crippen molar-refractivity contribution in [2.24, 2.45) is 5.92 Å². The van der Waals surface area contributed by atoms with Crippen LogP contribution in [0.15, 0.2) is 48.5 Å². The molecule has 26 heavy (non-hydrogen) atoms. The lowest BCUT2D eigenvalue weighted by Gasteiger charge is -2.38. The summed E-state index contributed by atoms with van der Waals surface area (Å²) in [5.74, 6) is 0.316. The lowest BCUT2D eigenvalue weighted by Crippen LogP contribution is -2.48. The minimum atomic E-state index is -0.120. The minimum Gasteiger partial charge on any atom is -0.350 e. The molecule has 134 valence electrons. The number of nitriles is 1. The first-order valence-corrected chi connectivity index (χ1v) is 9.17. The zero-order valence-corrected chi connectivity index (χ0v) is 15.4. The average Bonchev–Trinajstić information content (AvgIpc) is 2.67. The van der Waals surface area contributed by atoms with Crippen molar-refractivity contribution >= 4 is 5.91 Å². The second-order valence-corrected chi connectivity index (χ2v) is 7.20. The van der Waals surface area contributed by atoms with E-state index in [4.69, 9.17) is 5.26 Å². The maximum Gasteiger partial charge on any atom is 0.251 e. The normalized spacial score (nSPS) is 15.2. The van der Waals surface area contributed by atoms with Crippen LogP contribution in [0.3, 0.4) is 0 Å². The highest BCUT2D eigenvalue weighted by Crippen LogP contribution is 2.22. The molecule has 0 radical (unpaired) electrons. The van der Waals surface area contributed by atoms with Crippen molar-refractivity contribution in [2.45, 2.75) is 32.9 Å². The molecule has 1 atom stereocenters. The molecule has 2 aromatic carbocycles. The van der Waals surface area contributed by atoms with Crippen LogP contribution in [-0.2, 0) is 13.0 Å². The van der Waals surface area contributed by atoms with Gasteiger partial charge in [0.25, 0.3) is 5.91 Å². The molecular weight excluding hydrogens is 322 g/mol. The summed E-state index contributed by atoms with van der Waals surface area (Å²) in [6.45, 7) is 6.95. The van der Waals surface area contributed by atoms with E-state index in [9.17, 15) is 4.79 Å². The highest BCUT2D eigenvalue weighted by Gasteiger charge is 2.26. The molecule has 0 fully saturated rings. The van der Waals surface area contributed by atoms with E-state index < -0.39 is 0 Å². The lowest BCUT2D eigenvalue weighted by molar-refractivity contribution is 0.0904. The monoisotopic (exact) mass is 347 g/mol. The Morgan fingerprint density at radius 2 is 1.96 bits per heavy atom. The zero-order valence-electron chi connectivity index (χ0n) is 15.4. The quantitative estimate of drug-likeness (QED) is 0.902. The largest absolute Gasteiger partial charge is 0.350 e. The maximum atomic E-state index is 12.5. The molecular formula is C22H25N3O. The fraction of sp³-hybridized carbons (Fsp3) is 0.364. The van der Waals surface area contributed by atoms with Crippen molar-refractivity contribution in [3.8, 4) is 6.07 Å². The molecule has 0 saturated heterocycles. The Labute approximate surface area is 155 Å². The molecule has 1 heterocycles. The zero-order chi connectivity index (χ0) is 18.5. The van der Waals surface area contributed by atoms with Gasteiger partial charge in [-0.15, -0.1) is 0 Å². The summed E-state index contributed by atoms with van der Waals surface area (Å²) in [6, 6.07) is 17.8. The highest BCUT2D eigenvalue weighted by atomic mass is 16.1. The van der Waals surface area contributed by atoms with Crippen molar-refractivity contribution in [3.05, 3.63) is 70.8 Å². The molecule has 4 heteroatoms. The van der Waals surface area contributed by atoms with Gasteiger partial charge in [0.1, 0.15) is 0 Å². The van der Waals surface area contributed by atoms with E-state index in [1.807, 2.05) is 0 Å². The number of amides is 1. The van der Waals surface area contributed by atoms with E-state index in [1.165, 1.54) is 11.1 Å². The molecule has 0 aromatic heterocycles. The van der Waals surface area contributed by atoms with Crippen LogP contribution in [0.2, 0.25) is 0 Å². The maximum absolute atomic E-state index is 12.5. The van der Waals surface area contributed by atoms with Crippen LogP contribution in [0.25, 0.3) is 0 Å². The second-order valence-electron chi connectivity index (χ2n) is 7.20. The van der Waals surface area contributed by atoms with E-state index >= 15 is 0 Å². The van der Waals surface area contributed by atoms with Crippen LogP contribution in [0, 0.1) is 17.2 Å². The molecule has 4 nitrogen and oxygen atoms in total. The van der Waals surface area contributed by atoms with Gasteiger partial charge in [-0.05, 0) is 41.7 Å². The summed E-state index contributed by atoms with van der Waals surface area (Å²) in [5, 5.41) is 12.1. The van der Waals surface area contributed by atoms with E-state index in [0.29, 0.717) is 23.6 Å². The summed E-state index contributed by atoms with van der Waals surface area (Å²) < 4.78 is 0. The van der Waals surface area contributed by atoms with Crippen LogP contribution in [-0.4, -0.2) is 29.9 Å². The molecule has 1 amide bonds. The Morgan fingerprint density at radius 3 is 2.69 bits per heavy atom. The first-order valence-electron chi connectivity index (χ1n) is 9.17. The van der Waals surface area contributed by atoms with Gasteiger partial charge in [-0.3, -0.25) is 9.69 Å². The first kappa shape index (κ1) is 18.2. The molecule has 0 bridgehead atoms. The van der Waals surface area contributed by atoms with Crippen LogP contribution in [0.5, 0.6) is 0 Å². The summed E-state index contributed by atoms with van der Waals surface area (Å²) in [6.07, 6.45) is 1.05. The van der Waals surface area contributed by atoms with Crippen molar-refractivity contribution in [3.63, 3.8) is 0 Å². The van der Waals surface area contributed by atoms with Gasteiger partial charge in [0.15, 0.2) is 0 Å². The van der Waals surface area contributed by atoms with Crippen LogP contribution in [0.1, 0.15) is 40.9 Å². The number of nitrogens with one attached hydrogen (secondary N) is 1. The highest BCUT2D eigenvalue weighted by molar-refractivity contribution is 5.94. The van der Waals surface area contributed by atoms with Crippen LogP contribution < -0.4 is 5.32 Å². The standard InChI is InChI=1S/C22H25N3O/c1-16(2)21(25-11-10-18-7-3-4-8-20(18)15-25)14-24-22(26)19-9-5-6-17(12-19)13-23/h3-9,12,16,21H,10-11,14-15H2,1-2H3,(H,24,26). The summed E-state index contributed by atoms with van der Waals surface area (Å²) in [4.78, 5) is 15.0. The van der Waals surface area contributed by atoms with Gasteiger partial charge >= 0.3 is 0 Å². The van der Waals surface area contributed by atoms with E-state index in [0.717, 1.165) is 19.5 Å². The molecule has 1 unspecified atom stereocenters. The van der Waals surface area contributed by atoms with E-state index in [2.05, 4.69) is 54.4 Å². The Balaban J connectivity index is 1.66. The summed E-state index contributed by atoms with van der Waals surface area (Å²) in [7, 11) is 0. The number of benzene rings is 2. The molecule has 0 aliphatic carbocycles. The predicted octanol–water partition coefficient (Wildman–Crippen LogP) is 3.37. The molecule has 1 aliphatic heterocycles. The van der Waals surface area contributed by atoms with Gasteiger partial charge in [0.05, 0.1) is 11.6 Å². The molecule has 0 saturated carbocycles. The Kier molecular flexibility index (Phi) is 5.70. The summed E-state index contributed by atoms with van der Waals surface area (Å²) >= 11 is 0. The third-order valence-corrected chi connectivity index (χ3v) is 5.12. The number of rotatable bonds is 5. The number of carbonyl (C=O) groups excluding carboxylic acids is 1. The fourth-order valence-electron chi connectivity index (χ4n) is 3.62. The second kappa shape index (κ2) is 8.16. The number of nitrogens with zero attached hydrogens (tertiary/aromatic N) is 2. The molecule has 1 aliphatic rings. The third kappa shape index (κ3) is 4.12. The van der Waals surface area contributed by atoms with Gasteiger partial charge in [-0.1, -0.05) is 44.2 Å². The Morgan fingerprint density at radius 1 is 1.19 bits per heavy atom. The minimum absolute atomic E-state index is 0.120. The number of hydrogen-bond acceptors (Lipinski definition) is 3. The van der Waals surface area contributed by atoms with Crippen LogP contribution >= 0.6 is 0 Å². The van der Waals surface area contributed by atoms with Gasteiger partial charge in [0.2, 0.25) is 0 Å². The molecule has 2 aromatic rings. The van der Waals surface area contributed by atoms with Gasteiger partial charge in [-0.25, -0.2) is 0 Å². The van der Waals surface area contributed by atoms with Gasteiger partial charge in [-0.2, -0.15) is 5.26 Å². The average molecular weight is 347 g/mol. The Bertz CT molecular complexity index is 822. The molecule has 1 N–H and O–H groups in total. The number of carbonyl (C=O) groups is 1. The smallest absolute Gasteiger partial charge is 0.251 e. The number of hydrogen-bond donors (Lipinski definition) is 1. The number of fused-ring (bicyclic) bond motifs is 1. The third-order valence-electron chi connectivity index (χ3n) is 5.12. The molecule has 3 rings (SSSR count). The molecule has 0 spiro atoms. The van der Waals surface area contributed by atoms with Crippen LogP contribution in [0.4, 0.5) is 0 Å². The summed E-state index contributed by atoms with van der Waals surface area (Å²) in [5.41, 5.74) is 3.86. The Hall–Kier alpha value is -2.64. The SMILES string of the molecule is CC(C)C(CNC(=O)c1cccc(C#N)c1)N1CCc2ccccc2C1. The lowest BCUT2D eigenvalue weighted by atomic mass is 9.95. The van der Waals surface area contributed by atoms with E-state index in [1.54, 1.807) is 24.3 Å². The van der Waals surface area contributed by atoms with Crippen molar-refractivity contribution in [2.75, 3.05) is 13.1 Å². The van der Waals surface area contributed by atoms with Gasteiger partial charge < -0.3 is 5.32 Å². The van der Waals surface area contributed by atoms with Crippen molar-refractivity contribution < 1.29 is 4.79 Å². The van der Waals surface area contributed by atoms with Gasteiger partial charge in [0, 0.05) is 31.2 Å². The predicted molar refractivity (Wildman–Crippen MR) is 103 cm³/mol. The first-order chi connectivity index (χ1) is 12.6. The fourth-order valence-corrected chi connectivity index (χ4v) is 3.62. The van der Waals surface area contributed by atoms with Crippen molar-refractivity contribution in [1.29, 1.82) is 5.26 Å². The van der Waals surface area contributed by atoms with E-state index in [-0.39, 0.29) is 11.9 Å². The van der Waals surface area contributed by atoms with Crippen molar-refractivity contribution in [1.82, 2.24) is 10.2 Å². The topological polar surface area (TPSA) is 56.1 Å².